The maximum Gasteiger partial charge on any atom is 0.310 e. The average Bonchev–Trinajstić information content (AvgIpc) is 2.42. The second-order valence-corrected chi connectivity index (χ2v) is 6.63. The minimum absolute atomic E-state index is 0.551. The molecule has 2 rings (SSSR count). The van der Waals surface area contributed by atoms with E-state index in [2.05, 4.69) is 37.8 Å². The zero-order valence-corrected chi connectivity index (χ0v) is 13.7. The Balaban J connectivity index is 2.19. The molecular formula is C18H27NO2. The molecule has 1 saturated heterocycles. The Kier molecular flexibility index (Phi) is 4.72. The largest absolute Gasteiger partial charge is 0.481 e. The van der Waals surface area contributed by atoms with Crippen molar-refractivity contribution in [2.75, 3.05) is 13.1 Å². The number of likely N-dealkylation sites (tertiary alicyclic amines) is 1. The first kappa shape index (κ1) is 16.0. The fourth-order valence-corrected chi connectivity index (χ4v) is 3.66. The third kappa shape index (κ3) is 3.29. The highest BCUT2D eigenvalue weighted by Crippen LogP contribution is 2.34. The number of piperidine rings is 1. The molecule has 1 aromatic carbocycles. The van der Waals surface area contributed by atoms with E-state index in [1.165, 1.54) is 22.3 Å². The van der Waals surface area contributed by atoms with Gasteiger partial charge < -0.3 is 5.11 Å². The summed E-state index contributed by atoms with van der Waals surface area (Å²) in [5.74, 6) is -0.632. The molecule has 1 aromatic rings. The van der Waals surface area contributed by atoms with Crippen molar-refractivity contribution >= 4 is 5.97 Å². The summed E-state index contributed by atoms with van der Waals surface area (Å²) in [7, 11) is 0. The summed E-state index contributed by atoms with van der Waals surface area (Å²) in [5.41, 5.74) is 4.73. The predicted molar refractivity (Wildman–Crippen MR) is 85.5 cm³/mol. The highest BCUT2D eigenvalue weighted by molar-refractivity contribution is 5.75. The van der Waals surface area contributed by atoms with Crippen LogP contribution in [0.25, 0.3) is 0 Å². The molecular weight excluding hydrogens is 262 g/mol. The Morgan fingerprint density at radius 2 is 1.90 bits per heavy atom. The summed E-state index contributed by atoms with van der Waals surface area (Å²) in [4.78, 5) is 14.0. The number of hydrogen-bond acceptors (Lipinski definition) is 2. The van der Waals surface area contributed by atoms with Crippen LogP contribution in [-0.4, -0.2) is 29.1 Å². The van der Waals surface area contributed by atoms with Crippen molar-refractivity contribution in [1.82, 2.24) is 4.90 Å². The second kappa shape index (κ2) is 6.18. The summed E-state index contributed by atoms with van der Waals surface area (Å²) in [6, 6.07) is 4.44. The number of carbonyl (C=O) groups is 1. The third-order valence-corrected chi connectivity index (χ3v) is 5.01. The van der Waals surface area contributed by atoms with E-state index < -0.39 is 11.4 Å². The molecule has 1 N–H and O–H groups in total. The minimum atomic E-state index is -0.632. The van der Waals surface area contributed by atoms with E-state index >= 15 is 0 Å². The number of hydrogen-bond donors (Lipinski definition) is 1. The highest BCUT2D eigenvalue weighted by atomic mass is 16.4. The molecule has 1 unspecified atom stereocenters. The van der Waals surface area contributed by atoms with Crippen molar-refractivity contribution < 1.29 is 9.90 Å². The normalized spacial score (nSPS) is 23.2. The molecule has 21 heavy (non-hydrogen) atoms. The van der Waals surface area contributed by atoms with Crippen LogP contribution in [-0.2, 0) is 11.3 Å². The van der Waals surface area contributed by atoms with E-state index in [1.807, 2.05) is 6.92 Å². The van der Waals surface area contributed by atoms with Gasteiger partial charge in [-0.05, 0) is 63.3 Å². The second-order valence-electron chi connectivity index (χ2n) is 6.63. The van der Waals surface area contributed by atoms with Crippen molar-refractivity contribution in [2.45, 2.75) is 53.5 Å². The topological polar surface area (TPSA) is 40.5 Å². The molecule has 1 atom stereocenters. The first-order valence-corrected chi connectivity index (χ1v) is 7.90. The molecule has 0 aromatic heterocycles. The summed E-state index contributed by atoms with van der Waals surface area (Å²) >= 11 is 0. The van der Waals surface area contributed by atoms with E-state index in [0.717, 1.165) is 25.9 Å². The number of aliphatic carboxylic acids is 1. The molecule has 3 heteroatoms. The molecule has 0 bridgehead atoms. The Morgan fingerprint density at radius 3 is 2.43 bits per heavy atom. The number of rotatable bonds is 4. The van der Waals surface area contributed by atoms with Crippen molar-refractivity contribution in [1.29, 1.82) is 0 Å². The number of aryl methyl sites for hydroxylation is 3. The zero-order chi connectivity index (χ0) is 15.6. The minimum Gasteiger partial charge on any atom is -0.481 e. The van der Waals surface area contributed by atoms with E-state index in [9.17, 15) is 9.90 Å². The van der Waals surface area contributed by atoms with Gasteiger partial charge in [0.1, 0.15) is 0 Å². The maximum absolute atomic E-state index is 11.7. The lowest BCUT2D eigenvalue weighted by atomic mass is 9.77. The quantitative estimate of drug-likeness (QED) is 0.919. The Labute approximate surface area is 128 Å². The van der Waals surface area contributed by atoms with Gasteiger partial charge in [0.25, 0.3) is 0 Å². The molecule has 3 nitrogen and oxygen atoms in total. The van der Waals surface area contributed by atoms with Gasteiger partial charge in [-0.25, -0.2) is 0 Å². The van der Waals surface area contributed by atoms with E-state index in [4.69, 9.17) is 0 Å². The van der Waals surface area contributed by atoms with Gasteiger partial charge in [0.2, 0.25) is 0 Å². The first-order chi connectivity index (χ1) is 9.88. The maximum atomic E-state index is 11.7. The standard InChI is InChI=1S/C18H27NO2/c1-5-18(17(20)21)7-6-8-19(12-18)11-16-14(3)9-13(2)10-15(16)4/h9-10H,5-8,11-12H2,1-4H3,(H,20,21). The molecule has 1 aliphatic heterocycles. The van der Waals surface area contributed by atoms with Crippen LogP contribution >= 0.6 is 0 Å². The molecule has 0 spiro atoms. The fourth-order valence-electron chi connectivity index (χ4n) is 3.66. The molecule has 1 aliphatic rings. The van der Waals surface area contributed by atoms with Crippen LogP contribution in [0.3, 0.4) is 0 Å². The fraction of sp³-hybridized carbons (Fsp3) is 0.611. The molecule has 0 radical (unpaired) electrons. The molecule has 0 aliphatic carbocycles. The van der Waals surface area contributed by atoms with Gasteiger partial charge in [0.15, 0.2) is 0 Å². The Bertz CT molecular complexity index is 515. The summed E-state index contributed by atoms with van der Waals surface area (Å²) in [5, 5.41) is 9.59. The van der Waals surface area contributed by atoms with E-state index in [1.54, 1.807) is 0 Å². The number of carboxylic acids is 1. The van der Waals surface area contributed by atoms with Gasteiger partial charge in [-0.2, -0.15) is 0 Å². The highest BCUT2D eigenvalue weighted by Gasteiger charge is 2.40. The van der Waals surface area contributed by atoms with Gasteiger partial charge >= 0.3 is 5.97 Å². The smallest absolute Gasteiger partial charge is 0.310 e. The van der Waals surface area contributed by atoms with Crippen molar-refractivity contribution in [3.05, 3.63) is 34.4 Å². The SMILES string of the molecule is CCC1(C(=O)O)CCCN(Cc2c(C)cc(C)cc2C)C1. The molecule has 116 valence electrons. The van der Waals surface area contributed by atoms with Gasteiger partial charge in [-0.1, -0.05) is 24.6 Å². The van der Waals surface area contributed by atoms with Crippen LogP contribution in [0.5, 0.6) is 0 Å². The lowest BCUT2D eigenvalue weighted by molar-refractivity contribution is -0.153. The van der Waals surface area contributed by atoms with Crippen LogP contribution in [0.1, 0.15) is 48.4 Å². The van der Waals surface area contributed by atoms with Crippen LogP contribution in [0, 0.1) is 26.2 Å². The number of carboxylic acid groups (broad SMARTS) is 1. The van der Waals surface area contributed by atoms with Gasteiger partial charge in [0, 0.05) is 13.1 Å². The first-order valence-electron chi connectivity index (χ1n) is 7.90. The monoisotopic (exact) mass is 289 g/mol. The van der Waals surface area contributed by atoms with E-state index in [0.29, 0.717) is 13.0 Å². The third-order valence-electron chi connectivity index (χ3n) is 5.01. The van der Waals surface area contributed by atoms with Crippen LogP contribution in [0.4, 0.5) is 0 Å². The van der Waals surface area contributed by atoms with Crippen molar-refractivity contribution in [3.63, 3.8) is 0 Å². The predicted octanol–water partition coefficient (Wildman–Crippen LogP) is 3.69. The lowest BCUT2D eigenvalue weighted by Crippen LogP contribution is -2.47. The molecule has 0 amide bonds. The van der Waals surface area contributed by atoms with Crippen molar-refractivity contribution in [2.24, 2.45) is 5.41 Å². The molecule has 0 saturated carbocycles. The van der Waals surface area contributed by atoms with Crippen LogP contribution < -0.4 is 0 Å². The van der Waals surface area contributed by atoms with Crippen molar-refractivity contribution in [3.8, 4) is 0 Å². The molecule has 1 heterocycles. The summed E-state index contributed by atoms with van der Waals surface area (Å²) < 4.78 is 0. The lowest BCUT2D eigenvalue weighted by Gasteiger charge is -2.39. The zero-order valence-electron chi connectivity index (χ0n) is 13.7. The summed E-state index contributed by atoms with van der Waals surface area (Å²) in [6.07, 6.45) is 2.50. The van der Waals surface area contributed by atoms with Crippen LogP contribution in [0.15, 0.2) is 12.1 Å². The number of benzene rings is 1. The van der Waals surface area contributed by atoms with Gasteiger partial charge in [-0.3, -0.25) is 9.69 Å². The summed E-state index contributed by atoms with van der Waals surface area (Å²) in [6.45, 7) is 11.0. The number of nitrogens with zero attached hydrogens (tertiary/aromatic N) is 1. The Morgan fingerprint density at radius 1 is 1.29 bits per heavy atom. The van der Waals surface area contributed by atoms with Gasteiger partial charge in [0.05, 0.1) is 5.41 Å². The van der Waals surface area contributed by atoms with Crippen LogP contribution in [0.2, 0.25) is 0 Å². The Hall–Kier alpha value is -1.35. The molecule has 1 fully saturated rings. The van der Waals surface area contributed by atoms with E-state index in [-0.39, 0.29) is 0 Å². The average molecular weight is 289 g/mol. The van der Waals surface area contributed by atoms with Gasteiger partial charge in [-0.15, -0.1) is 0 Å².